The lowest BCUT2D eigenvalue weighted by atomic mass is 10.3. The topological polar surface area (TPSA) is 77.3 Å². The zero-order valence-corrected chi connectivity index (χ0v) is 12.4. The predicted molar refractivity (Wildman–Crippen MR) is 75.4 cm³/mol. The largest absolute Gasteiger partial charge is 0.497 e. The van der Waals surface area contributed by atoms with Crippen molar-refractivity contribution in [1.82, 2.24) is 19.3 Å². The summed E-state index contributed by atoms with van der Waals surface area (Å²) in [6, 6.07) is 6.48. The Morgan fingerprint density at radius 1 is 1.29 bits per heavy atom. The number of aromatic nitrogens is 3. The fourth-order valence-corrected chi connectivity index (χ4v) is 3.95. The number of methoxy groups -OCH3 is 1. The van der Waals surface area contributed by atoms with E-state index in [-0.39, 0.29) is 10.9 Å². The summed E-state index contributed by atoms with van der Waals surface area (Å²) in [5.74, 6) is 0.635. The van der Waals surface area contributed by atoms with Gasteiger partial charge in [-0.1, -0.05) is 5.21 Å². The van der Waals surface area contributed by atoms with Gasteiger partial charge in [0, 0.05) is 19.3 Å². The first-order chi connectivity index (χ1) is 10.1. The molecule has 21 heavy (non-hydrogen) atoms. The molecule has 1 aliphatic heterocycles. The van der Waals surface area contributed by atoms with E-state index in [2.05, 4.69) is 10.3 Å². The minimum absolute atomic E-state index is 0.0422. The van der Waals surface area contributed by atoms with Gasteiger partial charge in [-0.05, 0) is 30.7 Å². The van der Waals surface area contributed by atoms with Gasteiger partial charge in [0.25, 0.3) is 0 Å². The normalized spacial score (nSPS) is 19.8. The molecule has 1 saturated heterocycles. The van der Waals surface area contributed by atoms with Gasteiger partial charge in [-0.25, -0.2) is 13.1 Å². The zero-order valence-electron chi connectivity index (χ0n) is 11.6. The van der Waals surface area contributed by atoms with Crippen LogP contribution in [-0.2, 0) is 10.0 Å². The van der Waals surface area contributed by atoms with Crippen molar-refractivity contribution < 1.29 is 13.2 Å². The lowest BCUT2D eigenvalue weighted by molar-refractivity contribution is 0.414. The highest BCUT2D eigenvalue weighted by Crippen LogP contribution is 2.27. The van der Waals surface area contributed by atoms with Crippen LogP contribution in [0, 0.1) is 0 Å². The Kier molecular flexibility index (Phi) is 3.64. The Labute approximate surface area is 123 Å². The first-order valence-electron chi connectivity index (χ1n) is 6.61. The van der Waals surface area contributed by atoms with Crippen LogP contribution >= 0.6 is 0 Å². The van der Waals surface area contributed by atoms with E-state index >= 15 is 0 Å². The first kappa shape index (κ1) is 14.0. The van der Waals surface area contributed by atoms with Crippen LogP contribution < -0.4 is 4.74 Å². The van der Waals surface area contributed by atoms with Crippen LogP contribution in [0.15, 0.2) is 41.6 Å². The van der Waals surface area contributed by atoms with Crippen LogP contribution in [0.3, 0.4) is 0 Å². The lowest BCUT2D eigenvalue weighted by Crippen LogP contribution is -2.29. The van der Waals surface area contributed by atoms with E-state index < -0.39 is 10.0 Å². The fourth-order valence-electron chi connectivity index (χ4n) is 2.45. The van der Waals surface area contributed by atoms with Crippen molar-refractivity contribution >= 4 is 10.0 Å². The van der Waals surface area contributed by atoms with Gasteiger partial charge in [-0.3, -0.25) is 0 Å². The third-order valence-corrected chi connectivity index (χ3v) is 5.52. The van der Waals surface area contributed by atoms with E-state index in [9.17, 15) is 8.42 Å². The lowest BCUT2D eigenvalue weighted by Gasteiger charge is -2.16. The van der Waals surface area contributed by atoms with Crippen molar-refractivity contribution in [2.75, 3.05) is 20.2 Å². The molecule has 1 atom stereocenters. The summed E-state index contributed by atoms with van der Waals surface area (Å²) in [5.41, 5.74) is 0. The van der Waals surface area contributed by atoms with Gasteiger partial charge >= 0.3 is 0 Å². The standard InChI is InChI=1S/C13H16N4O3S/c1-20-12-2-4-13(5-3-12)21(18,19)16-8-6-11(10-16)17-9-7-14-15-17/h2-5,7,9,11H,6,8,10H2,1H3. The number of rotatable bonds is 4. The van der Waals surface area contributed by atoms with Crippen molar-refractivity contribution in [3.63, 3.8) is 0 Å². The zero-order chi connectivity index (χ0) is 14.9. The molecule has 0 radical (unpaired) electrons. The van der Waals surface area contributed by atoms with Crippen LogP contribution in [0.2, 0.25) is 0 Å². The van der Waals surface area contributed by atoms with Gasteiger partial charge in [0.1, 0.15) is 5.75 Å². The summed E-state index contributed by atoms with van der Waals surface area (Å²) >= 11 is 0. The second kappa shape index (κ2) is 5.45. The highest BCUT2D eigenvalue weighted by Gasteiger charge is 2.33. The second-order valence-corrected chi connectivity index (χ2v) is 6.80. The smallest absolute Gasteiger partial charge is 0.243 e. The molecule has 8 heteroatoms. The molecule has 2 heterocycles. The molecular weight excluding hydrogens is 292 g/mol. The van der Waals surface area contributed by atoms with Gasteiger partial charge in [-0.15, -0.1) is 5.10 Å². The SMILES string of the molecule is COc1ccc(S(=O)(=O)N2CCC(n3ccnn3)C2)cc1. The maximum atomic E-state index is 12.6. The van der Waals surface area contributed by atoms with E-state index in [1.54, 1.807) is 48.5 Å². The molecule has 7 nitrogen and oxygen atoms in total. The molecule has 1 unspecified atom stereocenters. The van der Waals surface area contributed by atoms with Crippen molar-refractivity contribution in [1.29, 1.82) is 0 Å². The average Bonchev–Trinajstić information content (AvgIpc) is 3.18. The Morgan fingerprint density at radius 2 is 2.05 bits per heavy atom. The molecule has 0 saturated carbocycles. The van der Waals surface area contributed by atoms with Crippen LogP contribution in [-0.4, -0.2) is 47.9 Å². The summed E-state index contributed by atoms with van der Waals surface area (Å²) in [6.45, 7) is 0.899. The van der Waals surface area contributed by atoms with E-state index in [0.717, 1.165) is 6.42 Å². The van der Waals surface area contributed by atoms with E-state index in [1.807, 2.05) is 0 Å². The van der Waals surface area contributed by atoms with E-state index in [1.165, 1.54) is 4.31 Å². The van der Waals surface area contributed by atoms with Gasteiger partial charge in [0.15, 0.2) is 0 Å². The molecule has 3 rings (SSSR count). The van der Waals surface area contributed by atoms with Gasteiger partial charge in [0.05, 0.1) is 24.2 Å². The highest BCUT2D eigenvalue weighted by molar-refractivity contribution is 7.89. The molecule has 1 aromatic carbocycles. The summed E-state index contributed by atoms with van der Waals surface area (Å²) in [5, 5.41) is 7.70. The van der Waals surface area contributed by atoms with Crippen molar-refractivity contribution in [2.24, 2.45) is 0 Å². The predicted octanol–water partition coefficient (Wildman–Crippen LogP) is 0.922. The number of benzene rings is 1. The number of ether oxygens (including phenoxy) is 1. The highest BCUT2D eigenvalue weighted by atomic mass is 32.2. The Balaban J connectivity index is 1.79. The minimum atomic E-state index is -3.47. The molecule has 0 bridgehead atoms. The van der Waals surface area contributed by atoms with Gasteiger partial charge in [-0.2, -0.15) is 4.31 Å². The second-order valence-electron chi connectivity index (χ2n) is 4.86. The maximum Gasteiger partial charge on any atom is 0.243 e. The van der Waals surface area contributed by atoms with Crippen LogP contribution in [0.4, 0.5) is 0 Å². The molecule has 2 aromatic rings. The molecule has 1 fully saturated rings. The summed E-state index contributed by atoms with van der Waals surface area (Å²) in [4.78, 5) is 0.280. The molecular formula is C13H16N4O3S. The minimum Gasteiger partial charge on any atom is -0.497 e. The Hall–Kier alpha value is -1.93. The number of hydrogen-bond acceptors (Lipinski definition) is 5. The molecule has 1 aliphatic rings. The Bertz CT molecular complexity index is 698. The van der Waals surface area contributed by atoms with Crippen LogP contribution in [0.5, 0.6) is 5.75 Å². The van der Waals surface area contributed by atoms with Crippen molar-refractivity contribution in [3.05, 3.63) is 36.7 Å². The third kappa shape index (κ3) is 2.64. The van der Waals surface area contributed by atoms with Crippen molar-refractivity contribution in [2.45, 2.75) is 17.4 Å². The fraction of sp³-hybridized carbons (Fsp3) is 0.385. The summed E-state index contributed by atoms with van der Waals surface area (Å²) in [7, 11) is -1.92. The monoisotopic (exact) mass is 308 g/mol. The van der Waals surface area contributed by atoms with Crippen LogP contribution in [0.25, 0.3) is 0 Å². The number of sulfonamides is 1. The van der Waals surface area contributed by atoms with E-state index in [4.69, 9.17) is 4.74 Å². The summed E-state index contributed by atoms with van der Waals surface area (Å²) in [6.07, 6.45) is 4.09. The summed E-state index contributed by atoms with van der Waals surface area (Å²) < 4.78 is 33.4. The molecule has 0 aliphatic carbocycles. The number of nitrogens with zero attached hydrogens (tertiary/aromatic N) is 4. The first-order valence-corrected chi connectivity index (χ1v) is 8.05. The molecule has 112 valence electrons. The quantitative estimate of drug-likeness (QED) is 0.839. The molecule has 1 aromatic heterocycles. The number of hydrogen-bond donors (Lipinski definition) is 0. The Morgan fingerprint density at radius 3 is 2.67 bits per heavy atom. The van der Waals surface area contributed by atoms with Gasteiger partial charge in [0.2, 0.25) is 10.0 Å². The maximum absolute atomic E-state index is 12.6. The van der Waals surface area contributed by atoms with Gasteiger partial charge < -0.3 is 4.74 Å². The molecule has 0 spiro atoms. The van der Waals surface area contributed by atoms with E-state index in [0.29, 0.717) is 18.8 Å². The van der Waals surface area contributed by atoms with Crippen LogP contribution in [0.1, 0.15) is 12.5 Å². The molecule has 0 amide bonds. The van der Waals surface area contributed by atoms with Crippen molar-refractivity contribution in [3.8, 4) is 5.75 Å². The third-order valence-electron chi connectivity index (χ3n) is 3.64. The average molecular weight is 308 g/mol. The molecule has 0 N–H and O–H groups in total.